The molecule has 0 atom stereocenters. The predicted molar refractivity (Wildman–Crippen MR) is 115 cm³/mol. The van der Waals surface area contributed by atoms with E-state index in [1.54, 1.807) is 0 Å². The van der Waals surface area contributed by atoms with Crippen LogP contribution in [-0.2, 0) is 12.8 Å². The third kappa shape index (κ3) is 6.09. The van der Waals surface area contributed by atoms with E-state index in [0.717, 1.165) is 41.7 Å². The molecular formula is C24H26N2O3. The summed E-state index contributed by atoms with van der Waals surface area (Å²) < 4.78 is 11.1. The lowest BCUT2D eigenvalue weighted by Crippen LogP contribution is -2.16. The van der Waals surface area contributed by atoms with Crippen molar-refractivity contribution >= 4 is 6.09 Å². The molecule has 1 amide bonds. The number of nitrogens with two attached hydrogens (primary N) is 2. The van der Waals surface area contributed by atoms with Crippen molar-refractivity contribution in [2.75, 3.05) is 13.2 Å². The Hall–Kier alpha value is -3.31. The van der Waals surface area contributed by atoms with Crippen LogP contribution in [-0.4, -0.2) is 19.2 Å². The van der Waals surface area contributed by atoms with Crippen LogP contribution < -0.4 is 20.9 Å². The SMILES string of the molecule is NCCc1ccc(OCCCc2ccc(-c3ccccc3)c(OC(N)=O)c2)cc1. The van der Waals surface area contributed by atoms with Gasteiger partial charge in [0.1, 0.15) is 11.5 Å². The smallest absolute Gasteiger partial charge is 0.409 e. The summed E-state index contributed by atoms with van der Waals surface area (Å²) in [7, 11) is 0. The van der Waals surface area contributed by atoms with Gasteiger partial charge in [-0.2, -0.15) is 0 Å². The molecule has 29 heavy (non-hydrogen) atoms. The number of hydrogen-bond acceptors (Lipinski definition) is 4. The molecule has 0 aromatic heterocycles. The number of carbonyl (C=O) groups excluding carboxylic acids is 1. The quantitative estimate of drug-likeness (QED) is 0.533. The zero-order valence-electron chi connectivity index (χ0n) is 16.3. The standard InChI is InChI=1S/C24H26N2O3/c25-15-14-18-8-11-21(12-9-18)28-16-4-5-19-10-13-22(20-6-2-1-3-7-20)23(17-19)29-24(26)27/h1-3,6-13,17H,4-5,14-16,25H2,(H2,26,27). The van der Waals surface area contributed by atoms with Crippen molar-refractivity contribution in [3.8, 4) is 22.6 Å². The van der Waals surface area contributed by atoms with Gasteiger partial charge in [-0.05, 0) is 60.7 Å². The van der Waals surface area contributed by atoms with Gasteiger partial charge in [0.05, 0.1) is 6.61 Å². The normalized spacial score (nSPS) is 10.5. The summed E-state index contributed by atoms with van der Waals surface area (Å²) in [6.45, 7) is 1.24. The first kappa shape index (κ1) is 20.4. The molecule has 150 valence electrons. The third-order valence-corrected chi connectivity index (χ3v) is 4.58. The van der Waals surface area contributed by atoms with Crippen LogP contribution in [0.15, 0.2) is 72.8 Å². The highest BCUT2D eigenvalue weighted by atomic mass is 16.5. The molecule has 0 fully saturated rings. The average Bonchev–Trinajstić information content (AvgIpc) is 2.73. The molecule has 0 bridgehead atoms. The van der Waals surface area contributed by atoms with Crippen molar-refractivity contribution in [1.82, 2.24) is 0 Å². The van der Waals surface area contributed by atoms with Gasteiger partial charge >= 0.3 is 6.09 Å². The van der Waals surface area contributed by atoms with Crippen LogP contribution in [0.2, 0.25) is 0 Å². The lowest BCUT2D eigenvalue weighted by Gasteiger charge is -2.12. The number of amides is 1. The summed E-state index contributed by atoms with van der Waals surface area (Å²) >= 11 is 0. The summed E-state index contributed by atoms with van der Waals surface area (Å²) in [6.07, 6.45) is 1.69. The molecule has 0 aliphatic heterocycles. The van der Waals surface area contributed by atoms with Crippen molar-refractivity contribution < 1.29 is 14.3 Å². The molecule has 5 heteroatoms. The van der Waals surface area contributed by atoms with Gasteiger partial charge in [-0.15, -0.1) is 0 Å². The van der Waals surface area contributed by atoms with Crippen LogP contribution in [0.1, 0.15) is 17.5 Å². The molecule has 0 radical (unpaired) electrons. The minimum atomic E-state index is -0.819. The maximum absolute atomic E-state index is 11.3. The van der Waals surface area contributed by atoms with Crippen LogP contribution in [0, 0.1) is 0 Å². The van der Waals surface area contributed by atoms with Gasteiger partial charge in [-0.1, -0.05) is 54.6 Å². The Labute approximate surface area is 171 Å². The number of aryl methyl sites for hydroxylation is 1. The second kappa shape index (κ2) is 10.3. The number of ether oxygens (including phenoxy) is 2. The molecule has 3 aromatic carbocycles. The van der Waals surface area contributed by atoms with E-state index in [1.807, 2.05) is 72.8 Å². The molecule has 0 aliphatic rings. The lowest BCUT2D eigenvalue weighted by molar-refractivity contribution is 0.211. The molecule has 3 rings (SSSR count). The lowest BCUT2D eigenvalue weighted by atomic mass is 10.0. The number of carbonyl (C=O) groups is 1. The number of primary amides is 1. The summed E-state index contributed by atoms with van der Waals surface area (Å²) in [4.78, 5) is 11.3. The van der Waals surface area contributed by atoms with Gasteiger partial charge in [0.25, 0.3) is 0 Å². The first-order valence-electron chi connectivity index (χ1n) is 9.73. The van der Waals surface area contributed by atoms with Crippen molar-refractivity contribution in [3.05, 3.63) is 83.9 Å². The summed E-state index contributed by atoms with van der Waals surface area (Å²) in [6, 6.07) is 23.6. The number of benzene rings is 3. The van der Waals surface area contributed by atoms with Gasteiger partial charge in [-0.3, -0.25) is 0 Å². The number of rotatable bonds is 9. The largest absolute Gasteiger partial charge is 0.494 e. The van der Waals surface area contributed by atoms with E-state index >= 15 is 0 Å². The molecule has 5 nitrogen and oxygen atoms in total. The molecule has 3 aromatic rings. The van der Waals surface area contributed by atoms with E-state index in [2.05, 4.69) is 0 Å². The van der Waals surface area contributed by atoms with Gasteiger partial charge in [0.15, 0.2) is 0 Å². The molecular weight excluding hydrogens is 364 g/mol. The van der Waals surface area contributed by atoms with E-state index in [1.165, 1.54) is 5.56 Å². The Balaban J connectivity index is 1.60. The van der Waals surface area contributed by atoms with Gasteiger partial charge in [0.2, 0.25) is 0 Å². The zero-order valence-corrected chi connectivity index (χ0v) is 16.3. The highest BCUT2D eigenvalue weighted by Crippen LogP contribution is 2.31. The predicted octanol–water partition coefficient (Wildman–Crippen LogP) is 4.32. The fourth-order valence-corrected chi connectivity index (χ4v) is 3.16. The van der Waals surface area contributed by atoms with Gasteiger partial charge in [0, 0.05) is 5.56 Å². The second-order valence-corrected chi connectivity index (χ2v) is 6.75. The third-order valence-electron chi connectivity index (χ3n) is 4.58. The Morgan fingerprint density at radius 3 is 2.28 bits per heavy atom. The van der Waals surface area contributed by atoms with Crippen molar-refractivity contribution in [1.29, 1.82) is 0 Å². The molecule has 0 spiro atoms. The number of hydrogen-bond donors (Lipinski definition) is 2. The van der Waals surface area contributed by atoms with E-state index in [-0.39, 0.29) is 0 Å². The second-order valence-electron chi connectivity index (χ2n) is 6.75. The van der Waals surface area contributed by atoms with E-state index in [4.69, 9.17) is 20.9 Å². The minimum Gasteiger partial charge on any atom is -0.494 e. The highest BCUT2D eigenvalue weighted by molar-refractivity contribution is 5.76. The van der Waals surface area contributed by atoms with E-state index in [0.29, 0.717) is 18.9 Å². The molecule has 0 saturated heterocycles. The van der Waals surface area contributed by atoms with Crippen LogP contribution in [0.4, 0.5) is 4.79 Å². The molecule has 0 saturated carbocycles. The fraction of sp³-hybridized carbons (Fsp3) is 0.208. The average molecular weight is 390 g/mol. The van der Waals surface area contributed by atoms with Crippen molar-refractivity contribution in [2.24, 2.45) is 11.5 Å². The van der Waals surface area contributed by atoms with Gasteiger partial charge < -0.3 is 20.9 Å². The van der Waals surface area contributed by atoms with Crippen LogP contribution >= 0.6 is 0 Å². The monoisotopic (exact) mass is 390 g/mol. The Morgan fingerprint density at radius 1 is 0.862 bits per heavy atom. The molecule has 4 N–H and O–H groups in total. The van der Waals surface area contributed by atoms with E-state index in [9.17, 15) is 4.79 Å². The Kier molecular flexibility index (Phi) is 7.25. The Bertz CT molecular complexity index is 925. The molecule has 0 heterocycles. The highest BCUT2D eigenvalue weighted by Gasteiger charge is 2.10. The van der Waals surface area contributed by atoms with Crippen LogP contribution in [0.5, 0.6) is 11.5 Å². The maximum atomic E-state index is 11.3. The first-order valence-corrected chi connectivity index (χ1v) is 9.73. The molecule has 0 aliphatic carbocycles. The zero-order chi connectivity index (χ0) is 20.5. The Morgan fingerprint density at radius 2 is 1.59 bits per heavy atom. The minimum absolute atomic E-state index is 0.470. The first-order chi connectivity index (χ1) is 14.2. The summed E-state index contributed by atoms with van der Waals surface area (Å²) in [5, 5.41) is 0. The molecule has 0 unspecified atom stereocenters. The topological polar surface area (TPSA) is 87.6 Å². The van der Waals surface area contributed by atoms with Gasteiger partial charge in [-0.25, -0.2) is 4.79 Å². The fourth-order valence-electron chi connectivity index (χ4n) is 3.16. The van der Waals surface area contributed by atoms with Crippen molar-refractivity contribution in [3.63, 3.8) is 0 Å². The van der Waals surface area contributed by atoms with Crippen LogP contribution in [0.25, 0.3) is 11.1 Å². The summed E-state index contributed by atoms with van der Waals surface area (Å²) in [5.74, 6) is 1.32. The summed E-state index contributed by atoms with van der Waals surface area (Å²) in [5.41, 5.74) is 14.9. The van der Waals surface area contributed by atoms with E-state index < -0.39 is 6.09 Å². The maximum Gasteiger partial charge on any atom is 0.409 e. The van der Waals surface area contributed by atoms with Crippen LogP contribution in [0.3, 0.4) is 0 Å². The van der Waals surface area contributed by atoms with Crippen molar-refractivity contribution in [2.45, 2.75) is 19.3 Å².